The molecule has 0 unspecified atom stereocenters. The number of carbonyl (C=O) groups excluding carboxylic acids is 1. The van der Waals surface area contributed by atoms with E-state index in [1.807, 2.05) is 6.92 Å². The molecule has 0 aromatic heterocycles. The van der Waals surface area contributed by atoms with Crippen LogP contribution in [0.3, 0.4) is 0 Å². The molecule has 0 spiro atoms. The fraction of sp³-hybridized carbons (Fsp3) is 0.533. The number of alkyl halides is 3. The SMILES string of the molecule is C[C@H]1C[C@H](N)CCN1C(=O)Cc1ccccc1C(F)(F)F. The maximum absolute atomic E-state index is 12.9. The molecule has 0 aliphatic carbocycles. The van der Waals surface area contributed by atoms with Gasteiger partial charge in [0.1, 0.15) is 0 Å². The molecule has 1 aliphatic rings. The summed E-state index contributed by atoms with van der Waals surface area (Å²) in [4.78, 5) is 13.9. The standard InChI is InChI=1S/C15H19F3N2O/c1-10-8-12(19)6-7-20(10)14(21)9-11-4-2-3-5-13(11)15(16,17)18/h2-5,10,12H,6-9,19H2,1H3/t10-,12+/m0/s1. The number of hydrogen-bond donors (Lipinski definition) is 1. The van der Waals surface area contributed by atoms with Gasteiger partial charge in [0, 0.05) is 18.6 Å². The monoisotopic (exact) mass is 300 g/mol. The first-order valence-corrected chi connectivity index (χ1v) is 6.99. The predicted octanol–water partition coefficient (Wildman–Crippen LogP) is 2.59. The number of likely N-dealkylation sites (tertiary alicyclic amines) is 1. The third kappa shape index (κ3) is 3.75. The number of hydrogen-bond acceptors (Lipinski definition) is 2. The van der Waals surface area contributed by atoms with Gasteiger partial charge < -0.3 is 10.6 Å². The molecule has 116 valence electrons. The number of piperidine rings is 1. The van der Waals surface area contributed by atoms with E-state index in [0.717, 1.165) is 6.07 Å². The van der Waals surface area contributed by atoms with Crippen molar-refractivity contribution in [2.24, 2.45) is 5.73 Å². The van der Waals surface area contributed by atoms with Gasteiger partial charge in [0.2, 0.25) is 5.91 Å². The lowest BCUT2D eigenvalue weighted by atomic mass is 9.97. The van der Waals surface area contributed by atoms with E-state index in [-0.39, 0.29) is 30.0 Å². The first-order chi connectivity index (χ1) is 9.79. The number of rotatable bonds is 2. The highest BCUT2D eigenvalue weighted by atomic mass is 19.4. The molecular weight excluding hydrogens is 281 g/mol. The van der Waals surface area contributed by atoms with Crippen LogP contribution in [0.25, 0.3) is 0 Å². The molecule has 1 amide bonds. The summed E-state index contributed by atoms with van der Waals surface area (Å²) in [6.45, 7) is 2.39. The van der Waals surface area contributed by atoms with Crippen LogP contribution < -0.4 is 5.73 Å². The van der Waals surface area contributed by atoms with Crippen molar-refractivity contribution >= 4 is 5.91 Å². The number of carbonyl (C=O) groups is 1. The Hall–Kier alpha value is -1.56. The Balaban J connectivity index is 2.13. The zero-order valence-electron chi connectivity index (χ0n) is 11.9. The van der Waals surface area contributed by atoms with Crippen molar-refractivity contribution in [2.75, 3.05) is 6.54 Å². The van der Waals surface area contributed by atoms with Gasteiger partial charge in [-0.2, -0.15) is 13.2 Å². The molecule has 1 heterocycles. The van der Waals surface area contributed by atoms with Crippen molar-refractivity contribution in [3.05, 3.63) is 35.4 Å². The average Bonchev–Trinajstić information content (AvgIpc) is 2.37. The quantitative estimate of drug-likeness (QED) is 0.912. The lowest BCUT2D eigenvalue weighted by Gasteiger charge is -2.36. The normalized spacial score (nSPS) is 23.2. The van der Waals surface area contributed by atoms with Gasteiger partial charge in [-0.3, -0.25) is 4.79 Å². The molecule has 1 saturated heterocycles. The lowest BCUT2D eigenvalue weighted by Crippen LogP contribution is -2.48. The maximum Gasteiger partial charge on any atom is 0.416 e. The minimum absolute atomic E-state index is 0.0251. The van der Waals surface area contributed by atoms with Gasteiger partial charge >= 0.3 is 6.18 Å². The van der Waals surface area contributed by atoms with Crippen molar-refractivity contribution in [3.8, 4) is 0 Å². The molecule has 0 bridgehead atoms. The molecule has 0 radical (unpaired) electrons. The summed E-state index contributed by atoms with van der Waals surface area (Å²) in [5, 5.41) is 0. The summed E-state index contributed by atoms with van der Waals surface area (Å²) in [6, 6.07) is 5.26. The van der Waals surface area contributed by atoms with Crippen molar-refractivity contribution in [1.29, 1.82) is 0 Å². The summed E-state index contributed by atoms with van der Waals surface area (Å²) < 4.78 is 38.8. The Morgan fingerprint density at radius 3 is 2.67 bits per heavy atom. The van der Waals surface area contributed by atoms with Crippen LogP contribution >= 0.6 is 0 Å². The fourth-order valence-electron chi connectivity index (χ4n) is 2.79. The van der Waals surface area contributed by atoms with E-state index in [1.165, 1.54) is 18.2 Å². The van der Waals surface area contributed by atoms with Gasteiger partial charge in [-0.1, -0.05) is 18.2 Å². The summed E-state index contributed by atoms with van der Waals surface area (Å²) in [5.74, 6) is -0.272. The van der Waals surface area contributed by atoms with E-state index in [0.29, 0.717) is 19.4 Å². The number of benzene rings is 1. The molecule has 2 N–H and O–H groups in total. The van der Waals surface area contributed by atoms with Crippen molar-refractivity contribution in [2.45, 2.75) is 44.4 Å². The van der Waals surface area contributed by atoms with Crippen molar-refractivity contribution in [1.82, 2.24) is 4.90 Å². The highest BCUT2D eigenvalue weighted by molar-refractivity contribution is 5.79. The van der Waals surface area contributed by atoms with Gasteiger partial charge in [0.05, 0.1) is 12.0 Å². The van der Waals surface area contributed by atoms with Gasteiger partial charge in [-0.15, -0.1) is 0 Å². The number of amides is 1. The molecule has 1 aromatic carbocycles. The van der Waals surface area contributed by atoms with Gasteiger partial charge in [0.25, 0.3) is 0 Å². The van der Waals surface area contributed by atoms with E-state index >= 15 is 0 Å². The molecule has 1 aliphatic heterocycles. The van der Waals surface area contributed by atoms with Crippen molar-refractivity contribution < 1.29 is 18.0 Å². The number of nitrogens with zero attached hydrogens (tertiary/aromatic N) is 1. The molecule has 0 saturated carbocycles. The first kappa shape index (κ1) is 15.8. The van der Waals surface area contributed by atoms with E-state index in [1.54, 1.807) is 4.90 Å². The number of halogens is 3. The largest absolute Gasteiger partial charge is 0.416 e. The maximum atomic E-state index is 12.9. The van der Waals surface area contributed by atoms with Crippen LogP contribution in [0.2, 0.25) is 0 Å². The van der Waals surface area contributed by atoms with Crippen LogP contribution in [-0.4, -0.2) is 29.4 Å². The second kappa shape index (κ2) is 6.05. The third-order valence-corrected chi connectivity index (χ3v) is 3.90. The molecular formula is C15H19F3N2O. The summed E-state index contributed by atoms with van der Waals surface area (Å²) >= 11 is 0. The average molecular weight is 300 g/mol. The highest BCUT2D eigenvalue weighted by Crippen LogP contribution is 2.32. The summed E-state index contributed by atoms with van der Waals surface area (Å²) in [7, 11) is 0. The Bertz CT molecular complexity index is 516. The van der Waals surface area contributed by atoms with E-state index in [2.05, 4.69) is 0 Å². The molecule has 6 heteroatoms. The minimum Gasteiger partial charge on any atom is -0.340 e. The predicted molar refractivity (Wildman–Crippen MR) is 73.5 cm³/mol. The first-order valence-electron chi connectivity index (χ1n) is 6.99. The second-order valence-corrected chi connectivity index (χ2v) is 5.55. The Morgan fingerprint density at radius 1 is 1.38 bits per heavy atom. The second-order valence-electron chi connectivity index (χ2n) is 5.55. The molecule has 1 fully saturated rings. The van der Waals surface area contributed by atoms with E-state index in [4.69, 9.17) is 5.73 Å². The molecule has 2 atom stereocenters. The number of nitrogens with two attached hydrogens (primary N) is 1. The van der Waals surface area contributed by atoms with Gasteiger partial charge in [-0.05, 0) is 31.4 Å². The fourth-order valence-corrected chi connectivity index (χ4v) is 2.79. The zero-order valence-corrected chi connectivity index (χ0v) is 11.9. The summed E-state index contributed by atoms with van der Waals surface area (Å²) in [5.41, 5.74) is 5.12. The smallest absolute Gasteiger partial charge is 0.340 e. The van der Waals surface area contributed by atoms with Crippen LogP contribution in [0.4, 0.5) is 13.2 Å². The summed E-state index contributed by atoms with van der Waals surface area (Å²) in [6.07, 6.45) is -3.29. The Morgan fingerprint density at radius 2 is 2.05 bits per heavy atom. The van der Waals surface area contributed by atoms with Crippen LogP contribution in [0.1, 0.15) is 30.9 Å². The third-order valence-electron chi connectivity index (χ3n) is 3.90. The van der Waals surface area contributed by atoms with Crippen LogP contribution in [0, 0.1) is 0 Å². The molecule has 3 nitrogen and oxygen atoms in total. The van der Waals surface area contributed by atoms with Gasteiger partial charge in [-0.25, -0.2) is 0 Å². The lowest BCUT2D eigenvalue weighted by molar-refractivity contribution is -0.139. The van der Waals surface area contributed by atoms with E-state index in [9.17, 15) is 18.0 Å². The zero-order chi connectivity index (χ0) is 15.6. The molecule has 2 rings (SSSR count). The topological polar surface area (TPSA) is 46.3 Å². The van der Waals surface area contributed by atoms with Crippen LogP contribution in [0.5, 0.6) is 0 Å². The Kier molecular flexibility index (Phi) is 4.56. The highest BCUT2D eigenvalue weighted by Gasteiger charge is 2.34. The minimum atomic E-state index is -4.44. The van der Waals surface area contributed by atoms with Crippen LogP contribution in [0.15, 0.2) is 24.3 Å². The molecule has 1 aromatic rings. The Labute approximate surface area is 121 Å². The van der Waals surface area contributed by atoms with Crippen molar-refractivity contribution in [3.63, 3.8) is 0 Å². The van der Waals surface area contributed by atoms with Gasteiger partial charge in [0.15, 0.2) is 0 Å². The van der Waals surface area contributed by atoms with E-state index < -0.39 is 11.7 Å². The molecule has 21 heavy (non-hydrogen) atoms. The van der Waals surface area contributed by atoms with Crippen LogP contribution in [-0.2, 0) is 17.4 Å².